The number of nitrogens with zero attached hydrogens (tertiary/aromatic N) is 3. The summed E-state index contributed by atoms with van der Waals surface area (Å²) in [6.45, 7) is 8.47. The zero-order chi connectivity index (χ0) is 12.8. The molecule has 2 rings (SSSR count). The number of rotatable bonds is 3. The van der Waals surface area contributed by atoms with Crippen LogP contribution in [0, 0.1) is 0 Å². The summed E-state index contributed by atoms with van der Waals surface area (Å²) in [5.41, 5.74) is 6.01. The topological polar surface area (TPSA) is 54.1 Å². The Bertz CT molecular complexity index is 322. The van der Waals surface area contributed by atoms with E-state index in [4.69, 9.17) is 10.5 Å². The van der Waals surface area contributed by atoms with Gasteiger partial charge in [-0.25, -0.2) is 0 Å². The average molecular weight is 380 g/mol. The number of hydrogen-bond acceptors (Lipinski definition) is 3. The number of nitrogens with two attached hydrogens (primary N) is 1. The zero-order valence-corrected chi connectivity index (χ0v) is 14.0. The Balaban J connectivity index is 0.00000180. The summed E-state index contributed by atoms with van der Waals surface area (Å²) in [6.07, 6.45) is 5.86. The fraction of sp³-hybridized carbons (Fsp3) is 0.769. The number of halogens is 1. The van der Waals surface area contributed by atoms with Gasteiger partial charge in [-0.1, -0.05) is 12.2 Å². The summed E-state index contributed by atoms with van der Waals surface area (Å²) in [4.78, 5) is 8.99. The quantitative estimate of drug-likeness (QED) is 0.342. The van der Waals surface area contributed by atoms with Crippen LogP contribution in [0.25, 0.3) is 0 Å². The van der Waals surface area contributed by atoms with Crippen LogP contribution in [-0.2, 0) is 4.74 Å². The molecular weight excluding hydrogens is 355 g/mol. The molecule has 110 valence electrons. The number of guanidine groups is 1. The fourth-order valence-corrected chi connectivity index (χ4v) is 2.33. The van der Waals surface area contributed by atoms with Gasteiger partial charge in [0.25, 0.3) is 0 Å². The van der Waals surface area contributed by atoms with E-state index in [9.17, 15) is 0 Å². The van der Waals surface area contributed by atoms with Crippen molar-refractivity contribution in [1.82, 2.24) is 9.80 Å². The maximum atomic E-state index is 6.01. The highest BCUT2D eigenvalue weighted by molar-refractivity contribution is 14.0. The van der Waals surface area contributed by atoms with Gasteiger partial charge in [0.05, 0.1) is 19.3 Å². The molecule has 6 heteroatoms. The summed E-state index contributed by atoms with van der Waals surface area (Å²) in [7, 11) is 0. The highest BCUT2D eigenvalue weighted by atomic mass is 127. The first-order valence-electron chi connectivity index (χ1n) is 6.79. The Morgan fingerprint density at radius 3 is 2.95 bits per heavy atom. The van der Waals surface area contributed by atoms with Gasteiger partial charge in [-0.05, 0) is 13.3 Å². The van der Waals surface area contributed by atoms with Crippen molar-refractivity contribution in [2.45, 2.75) is 19.4 Å². The van der Waals surface area contributed by atoms with E-state index < -0.39 is 0 Å². The second-order valence-electron chi connectivity index (χ2n) is 4.93. The smallest absolute Gasteiger partial charge is 0.191 e. The SMILES string of the molecule is CC1CN(C(N)=NCCN2CC=CCC2)CCO1.I. The van der Waals surface area contributed by atoms with Gasteiger partial charge in [0.2, 0.25) is 0 Å². The van der Waals surface area contributed by atoms with Crippen LogP contribution in [-0.4, -0.2) is 67.7 Å². The minimum atomic E-state index is 0. The van der Waals surface area contributed by atoms with E-state index in [1.54, 1.807) is 0 Å². The third kappa shape index (κ3) is 5.66. The molecule has 0 aromatic rings. The molecule has 0 saturated carbocycles. The lowest BCUT2D eigenvalue weighted by Crippen LogP contribution is -2.48. The van der Waals surface area contributed by atoms with E-state index >= 15 is 0 Å². The van der Waals surface area contributed by atoms with Crippen LogP contribution >= 0.6 is 24.0 Å². The first kappa shape index (κ1) is 16.7. The standard InChI is InChI=1S/C13H24N4O.HI/c1-12-11-17(9-10-18-12)13(14)15-5-8-16-6-3-2-4-7-16;/h2-3,12H,4-11H2,1H3,(H2,14,15);1H. The predicted molar refractivity (Wildman–Crippen MR) is 89.1 cm³/mol. The van der Waals surface area contributed by atoms with Gasteiger partial charge in [-0.3, -0.25) is 9.89 Å². The molecule has 0 spiro atoms. The first-order valence-corrected chi connectivity index (χ1v) is 6.79. The second kappa shape index (κ2) is 8.76. The van der Waals surface area contributed by atoms with Crippen molar-refractivity contribution >= 4 is 29.9 Å². The van der Waals surface area contributed by atoms with Gasteiger partial charge < -0.3 is 15.4 Å². The molecule has 5 nitrogen and oxygen atoms in total. The minimum absolute atomic E-state index is 0. The van der Waals surface area contributed by atoms with E-state index in [0.29, 0.717) is 5.96 Å². The normalized spacial score (nSPS) is 25.2. The first-order chi connectivity index (χ1) is 8.75. The van der Waals surface area contributed by atoms with Crippen molar-refractivity contribution in [3.05, 3.63) is 12.2 Å². The van der Waals surface area contributed by atoms with Gasteiger partial charge >= 0.3 is 0 Å². The number of aliphatic imine (C=N–C) groups is 1. The third-order valence-corrected chi connectivity index (χ3v) is 3.40. The molecule has 1 unspecified atom stereocenters. The Kier molecular flexibility index (Phi) is 7.70. The molecule has 0 aliphatic carbocycles. The van der Waals surface area contributed by atoms with Crippen LogP contribution in [0.15, 0.2) is 17.1 Å². The molecule has 0 radical (unpaired) electrons. The van der Waals surface area contributed by atoms with Gasteiger partial charge in [0.15, 0.2) is 5.96 Å². The van der Waals surface area contributed by atoms with Crippen LogP contribution in [0.2, 0.25) is 0 Å². The Morgan fingerprint density at radius 2 is 2.26 bits per heavy atom. The van der Waals surface area contributed by atoms with Crippen LogP contribution in [0.3, 0.4) is 0 Å². The Morgan fingerprint density at radius 1 is 1.42 bits per heavy atom. The molecule has 2 heterocycles. The zero-order valence-electron chi connectivity index (χ0n) is 11.6. The number of morpholine rings is 1. The summed E-state index contributed by atoms with van der Waals surface area (Å²) >= 11 is 0. The molecule has 19 heavy (non-hydrogen) atoms. The summed E-state index contributed by atoms with van der Waals surface area (Å²) in [5.74, 6) is 0.665. The molecule has 2 aliphatic rings. The van der Waals surface area contributed by atoms with Crippen molar-refractivity contribution < 1.29 is 4.74 Å². The van der Waals surface area contributed by atoms with Crippen molar-refractivity contribution in [3.63, 3.8) is 0 Å². The maximum absolute atomic E-state index is 6.01. The van der Waals surface area contributed by atoms with E-state index in [0.717, 1.165) is 52.3 Å². The molecule has 2 N–H and O–H groups in total. The summed E-state index contributed by atoms with van der Waals surface area (Å²) < 4.78 is 5.49. The predicted octanol–water partition coefficient (Wildman–Crippen LogP) is 0.902. The van der Waals surface area contributed by atoms with Crippen molar-refractivity contribution in [1.29, 1.82) is 0 Å². The van der Waals surface area contributed by atoms with Crippen LogP contribution in [0.5, 0.6) is 0 Å². The lowest BCUT2D eigenvalue weighted by molar-refractivity contribution is 0.00529. The minimum Gasteiger partial charge on any atom is -0.375 e. The van der Waals surface area contributed by atoms with Crippen molar-refractivity contribution in [2.75, 3.05) is 45.9 Å². The van der Waals surface area contributed by atoms with Gasteiger partial charge in [-0.15, -0.1) is 24.0 Å². The van der Waals surface area contributed by atoms with Crippen molar-refractivity contribution in [3.8, 4) is 0 Å². The van der Waals surface area contributed by atoms with E-state index in [-0.39, 0.29) is 30.1 Å². The highest BCUT2D eigenvalue weighted by Gasteiger charge is 2.17. The molecule has 0 amide bonds. The van der Waals surface area contributed by atoms with E-state index in [2.05, 4.69) is 33.9 Å². The molecule has 0 aromatic heterocycles. The highest BCUT2D eigenvalue weighted by Crippen LogP contribution is 2.04. The van der Waals surface area contributed by atoms with Crippen molar-refractivity contribution in [2.24, 2.45) is 10.7 Å². The molecule has 2 aliphatic heterocycles. The van der Waals surface area contributed by atoms with Crippen LogP contribution < -0.4 is 5.73 Å². The summed E-state index contributed by atoms with van der Waals surface area (Å²) in [5, 5.41) is 0. The van der Waals surface area contributed by atoms with Crippen LogP contribution in [0.4, 0.5) is 0 Å². The molecular formula is C13H25IN4O. The van der Waals surface area contributed by atoms with E-state index in [1.165, 1.54) is 0 Å². The molecule has 1 atom stereocenters. The lowest BCUT2D eigenvalue weighted by Gasteiger charge is -2.32. The van der Waals surface area contributed by atoms with Crippen LogP contribution in [0.1, 0.15) is 13.3 Å². The second-order valence-corrected chi connectivity index (χ2v) is 4.93. The van der Waals surface area contributed by atoms with E-state index in [1.807, 2.05) is 0 Å². The molecule has 1 fully saturated rings. The Hall–Kier alpha value is -0.340. The fourth-order valence-electron chi connectivity index (χ4n) is 2.33. The Labute approximate surface area is 132 Å². The largest absolute Gasteiger partial charge is 0.375 e. The summed E-state index contributed by atoms with van der Waals surface area (Å²) in [6, 6.07) is 0. The molecule has 0 aromatic carbocycles. The molecule has 1 saturated heterocycles. The number of ether oxygens (including phenoxy) is 1. The maximum Gasteiger partial charge on any atom is 0.191 e. The van der Waals surface area contributed by atoms with Gasteiger partial charge in [0.1, 0.15) is 0 Å². The lowest BCUT2D eigenvalue weighted by atomic mass is 10.2. The van der Waals surface area contributed by atoms with Gasteiger partial charge in [0, 0.05) is 32.7 Å². The third-order valence-electron chi connectivity index (χ3n) is 3.40. The monoisotopic (exact) mass is 380 g/mol. The average Bonchev–Trinajstić information content (AvgIpc) is 2.40. The molecule has 0 bridgehead atoms. The number of hydrogen-bond donors (Lipinski definition) is 1. The van der Waals surface area contributed by atoms with Gasteiger partial charge in [-0.2, -0.15) is 0 Å².